The SMILES string of the molecule is Cc1ccc2c(C)c3c(c(C)c2c1)Oc1cccc2cc[n+](C)c-3c12. The van der Waals surface area contributed by atoms with Crippen LogP contribution < -0.4 is 9.30 Å². The van der Waals surface area contributed by atoms with Crippen LogP contribution >= 0.6 is 0 Å². The van der Waals surface area contributed by atoms with E-state index in [2.05, 4.69) is 81.0 Å². The Bertz CT molecular complexity index is 1200. The number of fused-ring (bicyclic) bond motifs is 3. The van der Waals surface area contributed by atoms with E-state index in [0.29, 0.717) is 0 Å². The third kappa shape index (κ3) is 1.82. The van der Waals surface area contributed by atoms with Gasteiger partial charge in [-0.25, -0.2) is 4.57 Å². The zero-order valence-corrected chi connectivity index (χ0v) is 15.0. The number of rotatable bonds is 0. The highest BCUT2D eigenvalue weighted by molar-refractivity contribution is 6.06. The molecule has 0 atom stereocenters. The lowest BCUT2D eigenvalue weighted by Gasteiger charge is -2.24. The number of pyridine rings is 1. The van der Waals surface area contributed by atoms with Crippen LogP contribution in [0.1, 0.15) is 16.7 Å². The molecule has 2 heterocycles. The molecule has 0 radical (unpaired) electrons. The molecule has 4 aromatic rings. The topological polar surface area (TPSA) is 13.1 Å². The molecule has 0 N–H and O–H groups in total. The summed E-state index contributed by atoms with van der Waals surface area (Å²) < 4.78 is 8.67. The maximum Gasteiger partial charge on any atom is 0.228 e. The van der Waals surface area contributed by atoms with Gasteiger partial charge in [-0.2, -0.15) is 0 Å². The van der Waals surface area contributed by atoms with E-state index in [1.165, 1.54) is 49.5 Å². The van der Waals surface area contributed by atoms with Gasteiger partial charge in [0, 0.05) is 11.6 Å². The summed E-state index contributed by atoms with van der Waals surface area (Å²) in [6.07, 6.45) is 2.14. The molecule has 5 rings (SSSR count). The molecular weight excluding hydrogens is 306 g/mol. The second kappa shape index (κ2) is 4.82. The molecule has 2 nitrogen and oxygen atoms in total. The van der Waals surface area contributed by atoms with Gasteiger partial charge in [-0.3, -0.25) is 0 Å². The fourth-order valence-corrected chi connectivity index (χ4v) is 4.20. The summed E-state index contributed by atoms with van der Waals surface area (Å²) >= 11 is 0. The third-order valence-electron chi connectivity index (χ3n) is 5.50. The van der Waals surface area contributed by atoms with Crippen molar-refractivity contribution in [3.8, 4) is 22.8 Å². The second-order valence-corrected chi connectivity index (χ2v) is 7.10. The molecule has 1 aliphatic rings. The molecule has 3 aromatic carbocycles. The number of hydrogen-bond acceptors (Lipinski definition) is 1. The average molecular weight is 326 g/mol. The minimum Gasteiger partial charge on any atom is -0.455 e. The molecule has 0 aliphatic carbocycles. The highest BCUT2D eigenvalue weighted by atomic mass is 16.5. The minimum absolute atomic E-state index is 0.950. The van der Waals surface area contributed by atoms with Crippen molar-refractivity contribution in [2.24, 2.45) is 7.05 Å². The van der Waals surface area contributed by atoms with Gasteiger partial charge in [0.15, 0.2) is 6.20 Å². The van der Waals surface area contributed by atoms with Gasteiger partial charge < -0.3 is 4.74 Å². The van der Waals surface area contributed by atoms with E-state index < -0.39 is 0 Å². The fourth-order valence-electron chi connectivity index (χ4n) is 4.20. The molecule has 2 heteroatoms. The number of aromatic nitrogens is 1. The highest BCUT2D eigenvalue weighted by Crippen LogP contribution is 2.50. The van der Waals surface area contributed by atoms with Crippen molar-refractivity contribution in [2.75, 3.05) is 0 Å². The van der Waals surface area contributed by atoms with Crippen molar-refractivity contribution < 1.29 is 9.30 Å². The quantitative estimate of drug-likeness (QED) is 0.342. The van der Waals surface area contributed by atoms with Crippen molar-refractivity contribution in [1.82, 2.24) is 0 Å². The Morgan fingerprint density at radius 3 is 2.56 bits per heavy atom. The molecule has 25 heavy (non-hydrogen) atoms. The first-order chi connectivity index (χ1) is 12.1. The summed E-state index contributed by atoms with van der Waals surface area (Å²) in [5, 5.41) is 5.01. The van der Waals surface area contributed by atoms with Gasteiger partial charge in [0.25, 0.3) is 0 Å². The van der Waals surface area contributed by atoms with Gasteiger partial charge in [0.05, 0.1) is 10.9 Å². The Labute approximate surface area is 147 Å². The van der Waals surface area contributed by atoms with Crippen molar-refractivity contribution in [1.29, 1.82) is 0 Å². The first-order valence-electron chi connectivity index (χ1n) is 8.69. The highest BCUT2D eigenvalue weighted by Gasteiger charge is 2.31. The molecule has 1 aliphatic heterocycles. The van der Waals surface area contributed by atoms with Crippen LogP contribution in [0.3, 0.4) is 0 Å². The lowest BCUT2D eigenvalue weighted by atomic mass is 9.89. The number of hydrogen-bond donors (Lipinski definition) is 0. The lowest BCUT2D eigenvalue weighted by Crippen LogP contribution is -2.31. The van der Waals surface area contributed by atoms with Crippen LogP contribution in [-0.4, -0.2) is 0 Å². The minimum atomic E-state index is 0.950. The first kappa shape index (κ1) is 14.5. The Kier molecular flexibility index (Phi) is 2.79. The zero-order chi connectivity index (χ0) is 17.3. The van der Waals surface area contributed by atoms with Crippen LogP contribution in [0.25, 0.3) is 32.8 Å². The van der Waals surface area contributed by atoms with E-state index in [0.717, 1.165) is 11.5 Å². The fraction of sp³-hybridized carbons (Fsp3) is 0.174. The van der Waals surface area contributed by atoms with E-state index in [-0.39, 0.29) is 0 Å². The largest absolute Gasteiger partial charge is 0.455 e. The smallest absolute Gasteiger partial charge is 0.228 e. The molecule has 0 saturated carbocycles. The number of aryl methyl sites for hydroxylation is 4. The summed E-state index contributed by atoms with van der Waals surface area (Å²) in [6.45, 7) is 6.53. The maximum absolute atomic E-state index is 6.45. The van der Waals surface area contributed by atoms with Crippen LogP contribution in [0.5, 0.6) is 11.5 Å². The normalized spacial score (nSPS) is 12.3. The van der Waals surface area contributed by atoms with Gasteiger partial charge in [0.1, 0.15) is 18.5 Å². The van der Waals surface area contributed by atoms with Gasteiger partial charge in [-0.05, 0) is 48.6 Å². The number of ether oxygens (including phenoxy) is 1. The number of benzene rings is 3. The average Bonchev–Trinajstić information content (AvgIpc) is 2.62. The zero-order valence-electron chi connectivity index (χ0n) is 15.0. The third-order valence-corrected chi connectivity index (χ3v) is 5.50. The van der Waals surface area contributed by atoms with Crippen LogP contribution in [-0.2, 0) is 7.05 Å². The van der Waals surface area contributed by atoms with Crippen molar-refractivity contribution in [2.45, 2.75) is 20.8 Å². The van der Waals surface area contributed by atoms with Crippen LogP contribution in [0.2, 0.25) is 0 Å². The monoisotopic (exact) mass is 326 g/mol. The van der Waals surface area contributed by atoms with Gasteiger partial charge >= 0.3 is 0 Å². The standard InChI is InChI=1S/C23H20NO/c1-13-8-9-17-14(2)20-22-21-16(10-11-24(22)4)6-5-7-19(21)25-23(20)15(3)18(17)12-13/h5-12H,1-4H3/q+1. The molecule has 0 bridgehead atoms. The predicted molar refractivity (Wildman–Crippen MR) is 102 cm³/mol. The Balaban J connectivity index is 2.03. The van der Waals surface area contributed by atoms with E-state index in [1.54, 1.807) is 0 Å². The van der Waals surface area contributed by atoms with E-state index in [9.17, 15) is 0 Å². The van der Waals surface area contributed by atoms with E-state index in [1.807, 2.05) is 0 Å². The van der Waals surface area contributed by atoms with Crippen LogP contribution in [0, 0.1) is 20.8 Å². The van der Waals surface area contributed by atoms with Gasteiger partial charge in [-0.15, -0.1) is 0 Å². The first-order valence-corrected chi connectivity index (χ1v) is 8.69. The second-order valence-electron chi connectivity index (χ2n) is 7.10. The van der Waals surface area contributed by atoms with E-state index >= 15 is 0 Å². The molecule has 0 amide bonds. The van der Waals surface area contributed by atoms with Crippen molar-refractivity contribution in [3.05, 3.63) is 65.4 Å². The molecule has 0 fully saturated rings. The maximum atomic E-state index is 6.45. The van der Waals surface area contributed by atoms with Crippen molar-refractivity contribution in [3.63, 3.8) is 0 Å². The van der Waals surface area contributed by atoms with Crippen molar-refractivity contribution >= 4 is 21.5 Å². The molecule has 0 unspecified atom stereocenters. The predicted octanol–water partition coefficient (Wildman–Crippen LogP) is 5.52. The molecule has 122 valence electrons. The Morgan fingerprint density at radius 2 is 1.72 bits per heavy atom. The van der Waals surface area contributed by atoms with Crippen LogP contribution in [0.4, 0.5) is 0 Å². The molecule has 0 spiro atoms. The summed E-state index contributed by atoms with van der Waals surface area (Å²) in [4.78, 5) is 0. The lowest BCUT2D eigenvalue weighted by molar-refractivity contribution is -0.659. The van der Waals surface area contributed by atoms with E-state index in [4.69, 9.17) is 4.74 Å². The summed E-state index contributed by atoms with van der Waals surface area (Å²) in [5.41, 5.74) is 6.25. The number of nitrogens with zero attached hydrogens (tertiary/aromatic N) is 1. The summed E-state index contributed by atoms with van der Waals surface area (Å²) in [6, 6.07) is 15.2. The van der Waals surface area contributed by atoms with Gasteiger partial charge in [-0.1, -0.05) is 35.9 Å². The summed E-state index contributed by atoms with van der Waals surface area (Å²) in [7, 11) is 2.12. The molecule has 1 aromatic heterocycles. The summed E-state index contributed by atoms with van der Waals surface area (Å²) in [5.74, 6) is 1.95. The Hall–Kier alpha value is -2.87. The van der Waals surface area contributed by atoms with Crippen LogP contribution in [0.15, 0.2) is 48.7 Å². The molecule has 0 saturated heterocycles. The Morgan fingerprint density at radius 1 is 0.880 bits per heavy atom. The molecular formula is C23H20NO+. The van der Waals surface area contributed by atoms with Gasteiger partial charge in [0.2, 0.25) is 5.69 Å².